The van der Waals surface area contributed by atoms with Crippen LogP contribution in [0.1, 0.15) is 42.1 Å². The molecular weight excluding hydrogens is 317 g/mol. The van der Waals surface area contributed by atoms with Gasteiger partial charge in [-0.25, -0.2) is 4.39 Å². The molecule has 4 nitrogen and oxygen atoms in total. The second kappa shape index (κ2) is 8.43. The number of nitrogens with zero attached hydrogens (tertiary/aromatic N) is 2. The lowest BCUT2D eigenvalue weighted by Crippen LogP contribution is -2.14. The van der Waals surface area contributed by atoms with Crippen molar-refractivity contribution >= 4 is 11.6 Å². The first kappa shape index (κ1) is 17.9. The first-order chi connectivity index (χ1) is 11.1. The molecule has 23 heavy (non-hydrogen) atoms. The molecule has 2 aromatic rings. The zero-order chi connectivity index (χ0) is 16.8. The van der Waals surface area contributed by atoms with Gasteiger partial charge in [0.05, 0.1) is 12.3 Å². The van der Waals surface area contributed by atoms with Crippen LogP contribution in [0.25, 0.3) is 0 Å². The third kappa shape index (κ3) is 4.53. The highest BCUT2D eigenvalue weighted by atomic mass is 35.5. The van der Waals surface area contributed by atoms with Gasteiger partial charge in [-0.15, -0.1) is 0 Å². The van der Waals surface area contributed by atoms with E-state index in [0.29, 0.717) is 23.8 Å². The number of unbranched alkanes of at least 4 members (excludes halogenated alkanes) is 1. The van der Waals surface area contributed by atoms with Gasteiger partial charge >= 0.3 is 0 Å². The number of aliphatic hydroxyl groups is 1. The van der Waals surface area contributed by atoms with E-state index in [1.807, 2.05) is 11.6 Å². The maximum Gasteiger partial charge on any atom is 0.131 e. The molecule has 0 aliphatic rings. The van der Waals surface area contributed by atoms with Gasteiger partial charge in [0.1, 0.15) is 11.0 Å². The van der Waals surface area contributed by atoms with Gasteiger partial charge in [-0.3, -0.25) is 4.68 Å². The van der Waals surface area contributed by atoms with Crippen molar-refractivity contribution in [1.29, 1.82) is 0 Å². The van der Waals surface area contributed by atoms with Crippen LogP contribution in [0.2, 0.25) is 5.15 Å². The Morgan fingerprint density at radius 1 is 1.35 bits per heavy atom. The van der Waals surface area contributed by atoms with Gasteiger partial charge in [0.15, 0.2) is 0 Å². The Bertz CT molecular complexity index is 658. The van der Waals surface area contributed by atoms with E-state index in [4.69, 9.17) is 16.7 Å². The second-order valence-corrected chi connectivity index (χ2v) is 5.98. The van der Waals surface area contributed by atoms with Crippen LogP contribution in [0.15, 0.2) is 18.2 Å². The van der Waals surface area contributed by atoms with Gasteiger partial charge in [0.2, 0.25) is 0 Å². The molecule has 0 fully saturated rings. The third-order valence-corrected chi connectivity index (χ3v) is 4.24. The molecule has 126 valence electrons. The number of rotatable bonds is 8. The molecule has 6 heteroatoms. The molecule has 0 saturated carbocycles. The van der Waals surface area contributed by atoms with E-state index in [9.17, 15) is 4.39 Å². The summed E-state index contributed by atoms with van der Waals surface area (Å²) in [6, 6.07) is 4.76. The molecule has 0 atom stereocenters. The summed E-state index contributed by atoms with van der Waals surface area (Å²) in [7, 11) is 0. The Morgan fingerprint density at radius 2 is 2.13 bits per heavy atom. The van der Waals surface area contributed by atoms with Crippen LogP contribution in [0, 0.1) is 12.7 Å². The van der Waals surface area contributed by atoms with Crippen LogP contribution in [-0.2, 0) is 26.2 Å². The fourth-order valence-corrected chi connectivity index (χ4v) is 2.76. The van der Waals surface area contributed by atoms with E-state index in [1.54, 1.807) is 12.1 Å². The average molecular weight is 340 g/mol. The molecule has 0 amide bonds. The van der Waals surface area contributed by atoms with E-state index >= 15 is 0 Å². The monoisotopic (exact) mass is 339 g/mol. The normalized spacial score (nSPS) is 11.2. The molecule has 0 unspecified atom stereocenters. The van der Waals surface area contributed by atoms with E-state index in [-0.39, 0.29) is 12.4 Å². The molecule has 1 aromatic heterocycles. The van der Waals surface area contributed by atoms with Crippen molar-refractivity contribution in [3.8, 4) is 0 Å². The lowest BCUT2D eigenvalue weighted by Gasteiger charge is -2.07. The first-order valence-corrected chi connectivity index (χ1v) is 8.25. The van der Waals surface area contributed by atoms with Crippen LogP contribution in [0.5, 0.6) is 0 Å². The van der Waals surface area contributed by atoms with Gasteiger partial charge in [-0.2, -0.15) is 5.10 Å². The predicted molar refractivity (Wildman–Crippen MR) is 89.7 cm³/mol. The van der Waals surface area contributed by atoms with Gasteiger partial charge in [-0.05, 0) is 31.0 Å². The Morgan fingerprint density at radius 3 is 2.83 bits per heavy atom. The highest BCUT2D eigenvalue weighted by molar-refractivity contribution is 6.30. The summed E-state index contributed by atoms with van der Waals surface area (Å²) in [4.78, 5) is 0. The van der Waals surface area contributed by atoms with Gasteiger partial charge < -0.3 is 10.4 Å². The van der Waals surface area contributed by atoms with E-state index < -0.39 is 0 Å². The molecule has 0 aliphatic heterocycles. The molecule has 0 aliphatic carbocycles. The molecule has 1 aromatic carbocycles. The first-order valence-electron chi connectivity index (χ1n) is 7.87. The Labute approximate surface area is 141 Å². The van der Waals surface area contributed by atoms with Crippen molar-refractivity contribution in [3.63, 3.8) is 0 Å². The summed E-state index contributed by atoms with van der Waals surface area (Å²) < 4.78 is 15.2. The fourth-order valence-electron chi connectivity index (χ4n) is 2.44. The minimum atomic E-state index is -0.382. The second-order valence-electron chi connectivity index (χ2n) is 5.62. The maximum absolute atomic E-state index is 13.4. The van der Waals surface area contributed by atoms with Crippen LogP contribution >= 0.6 is 11.6 Å². The standard InChI is InChI=1S/C17H23ClFN3O/c1-3-4-7-22-17(18)15(12(2)21-22)10-20-9-13-5-6-16(19)14(8-13)11-23/h5-6,8,20,23H,3-4,7,9-11H2,1-2H3. The lowest BCUT2D eigenvalue weighted by atomic mass is 10.1. The summed E-state index contributed by atoms with van der Waals surface area (Å²) in [5, 5.41) is 17.6. The largest absolute Gasteiger partial charge is 0.392 e. The number of halogens is 2. The number of benzene rings is 1. The minimum absolute atomic E-state index is 0.297. The molecule has 0 saturated heterocycles. The summed E-state index contributed by atoms with van der Waals surface area (Å²) >= 11 is 6.39. The van der Waals surface area contributed by atoms with Crippen molar-refractivity contribution in [2.75, 3.05) is 0 Å². The highest BCUT2D eigenvalue weighted by Crippen LogP contribution is 2.20. The van der Waals surface area contributed by atoms with Crippen LogP contribution < -0.4 is 5.32 Å². The third-order valence-electron chi connectivity index (χ3n) is 3.82. The SMILES string of the molecule is CCCCn1nc(C)c(CNCc2ccc(F)c(CO)c2)c1Cl. The minimum Gasteiger partial charge on any atom is -0.392 e. The number of aliphatic hydroxyl groups excluding tert-OH is 1. The Kier molecular flexibility index (Phi) is 6.57. The number of aromatic nitrogens is 2. The summed E-state index contributed by atoms with van der Waals surface area (Å²) in [5.74, 6) is -0.382. The lowest BCUT2D eigenvalue weighted by molar-refractivity contribution is 0.275. The number of hydrogen-bond acceptors (Lipinski definition) is 3. The zero-order valence-electron chi connectivity index (χ0n) is 13.6. The fraction of sp³-hybridized carbons (Fsp3) is 0.471. The van der Waals surface area contributed by atoms with Gasteiger partial charge in [-0.1, -0.05) is 31.0 Å². The molecule has 1 heterocycles. The van der Waals surface area contributed by atoms with Gasteiger partial charge in [0.25, 0.3) is 0 Å². The molecule has 2 N–H and O–H groups in total. The maximum atomic E-state index is 13.4. The van der Waals surface area contributed by atoms with E-state index in [2.05, 4.69) is 17.3 Å². The highest BCUT2D eigenvalue weighted by Gasteiger charge is 2.12. The van der Waals surface area contributed by atoms with Crippen molar-refractivity contribution in [3.05, 3.63) is 51.6 Å². The summed E-state index contributed by atoms with van der Waals surface area (Å²) in [6.45, 7) is 5.79. The molecule has 0 bridgehead atoms. The van der Waals surface area contributed by atoms with Crippen LogP contribution in [0.4, 0.5) is 4.39 Å². The molecule has 0 spiro atoms. The Hall–Kier alpha value is -1.43. The van der Waals surface area contributed by atoms with Crippen LogP contribution in [0.3, 0.4) is 0 Å². The topological polar surface area (TPSA) is 50.1 Å². The Balaban J connectivity index is 1.97. The molecule has 2 rings (SSSR count). The summed E-state index contributed by atoms with van der Waals surface area (Å²) in [5.41, 5.74) is 3.15. The smallest absolute Gasteiger partial charge is 0.131 e. The predicted octanol–water partition coefficient (Wildman–Crippen LogP) is 3.57. The zero-order valence-corrected chi connectivity index (χ0v) is 14.3. The number of nitrogens with one attached hydrogen (secondary N) is 1. The van der Waals surface area contributed by atoms with Crippen LogP contribution in [-0.4, -0.2) is 14.9 Å². The average Bonchev–Trinajstić information content (AvgIpc) is 2.81. The van der Waals surface area contributed by atoms with Gasteiger partial charge in [0, 0.05) is 30.8 Å². The van der Waals surface area contributed by atoms with Crippen molar-refractivity contribution in [2.45, 2.75) is 52.9 Å². The number of hydrogen-bond donors (Lipinski definition) is 2. The molecule has 0 radical (unpaired) electrons. The number of aryl methyl sites for hydroxylation is 2. The van der Waals surface area contributed by atoms with E-state index in [0.717, 1.165) is 36.2 Å². The quantitative estimate of drug-likeness (QED) is 0.773. The molecular formula is C17H23ClFN3O. The summed E-state index contributed by atoms with van der Waals surface area (Å²) in [6.07, 6.45) is 2.15. The van der Waals surface area contributed by atoms with Crippen molar-refractivity contribution in [1.82, 2.24) is 15.1 Å². The van der Waals surface area contributed by atoms with E-state index in [1.165, 1.54) is 6.07 Å². The van der Waals surface area contributed by atoms with Crippen molar-refractivity contribution in [2.24, 2.45) is 0 Å². The van der Waals surface area contributed by atoms with Crippen molar-refractivity contribution < 1.29 is 9.50 Å².